The third-order valence-electron chi connectivity index (χ3n) is 4.78. The Bertz CT molecular complexity index is 1200. The zero-order chi connectivity index (χ0) is 21.1. The van der Waals surface area contributed by atoms with E-state index in [0.717, 1.165) is 16.8 Å². The molecule has 0 bridgehead atoms. The second kappa shape index (κ2) is 8.43. The van der Waals surface area contributed by atoms with Crippen LogP contribution in [0.15, 0.2) is 79.0 Å². The van der Waals surface area contributed by atoms with E-state index in [2.05, 4.69) is 5.32 Å². The molecule has 1 amide bonds. The molecule has 0 spiro atoms. The summed E-state index contributed by atoms with van der Waals surface area (Å²) in [5.74, 6) is 0.385. The summed E-state index contributed by atoms with van der Waals surface area (Å²) in [7, 11) is 1.60. The van der Waals surface area contributed by atoms with E-state index in [9.17, 15) is 4.79 Å². The fourth-order valence-corrected chi connectivity index (χ4v) is 3.48. The van der Waals surface area contributed by atoms with E-state index in [1.165, 1.54) is 0 Å². The molecule has 0 aliphatic rings. The Labute approximate surface area is 179 Å². The molecule has 1 aromatic heterocycles. The van der Waals surface area contributed by atoms with Gasteiger partial charge in [0.05, 0.1) is 18.4 Å². The van der Waals surface area contributed by atoms with Gasteiger partial charge in [-0.05, 0) is 55.0 Å². The van der Waals surface area contributed by atoms with Crippen LogP contribution in [0.5, 0.6) is 5.75 Å². The molecule has 0 radical (unpaired) electrons. The van der Waals surface area contributed by atoms with Crippen LogP contribution < -0.4 is 10.1 Å². The number of nitrogens with one attached hydrogen (secondary N) is 1. The molecule has 0 atom stereocenters. The maximum atomic E-state index is 13.3. The van der Waals surface area contributed by atoms with Crippen LogP contribution in [0.1, 0.15) is 15.9 Å². The maximum absolute atomic E-state index is 13.3. The fraction of sp³-hybridized carbons (Fsp3) is 0.0833. The number of methoxy groups -OCH3 is 1. The summed E-state index contributed by atoms with van der Waals surface area (Å²) < 4.78 is 7.20. The topological polar surface area (TPSA) is 56.2 Å². The average molecular weight is 418 g/mol. The van der Waals surface area contributed by atoms with Crippen molar-refractivity contribution >= 4 is 23.2 Å². The lowest BCUT2D eigenvalue weighted by Gasteiger charge is -2.10. The van der Waals surface area contributed by atoms with Crippen molar-refractivity contribution in [1.29, 1.82) is 0 Å². The van der Waals surface area contributed by atoms with E-state index >= 15 is 0 Å². The van der Waals surface area contributed by atoms with E-state index in [-0.39, 0.29) is 5.91 Å². The van der Waals surface area contributed by atoms with Crippen molar-refractivity contribution in [3.8, 4) is 22.7 Å². The minimum atomic E-state index is -0.261. The lowest BCUT2D eigenvalue weighted by atomic mass is 10.1. The first-order valence-electron chi connectivity index (χ1n) is 9.43. The van der Waals surface area contributed by atoms with Crippen molar-refractivity contribution < 1.29 is 9.53 Å². The largest absolute Gasteiger partial charge is 0.496 e. The summed E-state index contributed by atoms with van der Waals surface area (Å²) in [6.07, 6.45) is 1.73. The molecule has 0 saturated heterocycles. The number of amides is 1. The van der Waals surface area contributed by atoms with Crippen molar-refractivity contribution in [2.75, 3.05) is 12.4 Å². The van der Waals surface area contributed by atoms with Gasteiger partial charge in [-0.1, -0.05) is 41.9 Å². The highest BCUT2D eigenvalue weighted by Gasteiger charge is 2.21. The summed E-state index contributed by atoms with van der Waals surface area (Å²) in [4.78, 5) is 13.3. The first kappa shape index (κ1) is 19.7. The molecule has 1 heterocycles. The van der Waals surface area contributed by atoms with E-state index < -0.39 is 0 Å². The third kappa shape index (κ3) is 3.93. The molecule has 0 aliphatic heterocycles. The lowest BCUT2D eigenvalue weighted by Crippen LogP contribution is -2.13. The number of halogens is 1. The summed E-state index contributed by atoms with van der Waals surface area (Å²) in [6.45, 7) is 1.90. The van der Waals surface area contributed by atoms with E-state index in [1.807, 2.05) is 67.6 Å². The molecule has 150 valence electrons. The first-order valence-corrected chi connectivity index (χ1v) is 9.80. The summed E-state index contributed by atoms with van der Waals surface area (Å²) >= 11 is 6.04. The number of nitrogens with zero attached hydrogens (tertiary/aromatic N) is 2. The Kier molecular flexibility index (Phi) is 5.55. The number of anilines is 1. The van der Waals surface area contributed by atoms with Gasteiger partial charge < -0.3 is 10.1 Å². The molecular weight excluding hydrogens is 398 g/mol. The minimum absolute atomic E-state index is 0.261. The number of aryl methyl sites for hydroxylation is 1. The minimum Gasteiger partial charge on any atom is -0.496 e. The highest BCUT2D eigenvalue weighted by Crippen LogP contribution is 2.32. The monoisotopic (exact) mass is 417 g/mol. The van der Waals surface area contributed by atoms with Gasteiger partial charge in [-0.15, -0.1) is 0 Å². The second-order valence-corrected chi connectivity index (χ2v) is 7.22. The summed E-state index contributed by atoms with van der Waals surface area (Å²) in [5.41, 5.74) is 4.16. The number of para-hydroxylation sites is 2. The van der Waals surface area contributed by atoms with Crippen LogP contribution in [0.4, 0.5) is 5.69 Å². The van der Waals surface area contributed by atoms with Crippen molar-refractivity contribution in [2.45, 2.75) is 6.92 Å². The molecule has 4 rings (SSSR count). The van der Waals surface area contributed by atoms with Crippen LogP contribution in [0.3, 0.4) is 0 Å². The van der Waals surface area contributed by atoms with Crippen LogP contribution in [0.25, 0.3) is 16.9 Å². The Morgan fingerprint density at radius 3 is 2.50 bits per heavy atom. The smallest absolute Gasteiger partial charge is 0.259 e. The standard InChI is InChI=1S/C24H20ClN3O2/c1-16-14-17(25)12-13-21(16)26-24(29)20-15-28(18-8-4-3-5-9-18)27-23(20)19-10-6-7-11-22(19)30-2/h3-15H,1-2H3,(H,26,29). The molecule has 6 heteroatoms. The number of benzene rings is 3. The molecular formula is C24H20ClN3O2. The Morgan fingerprint density at radius 1 is 1.03 bits per heavy atom. The molecule has 0 saturated carbocycles. The molecule has 1 N–H and O–H groups in total. The highest BCUT2D eigenvalue weighted by atomic mass is 35.5. The first-order chi connectivity index (χ1) is 14.6. The molecule has 0 aliphatic carbocycles. The van der Waals surface area contributed by atoms with E-state index in [0.29, 0.717) is 27.7 Å². The van der Waals surface area contributed by atoms with E-state index in [4.69, 9.17) is 21.4 Å². The number of carbonyl (C=O) groups excluding carboxylic acids is 1. The maximum Gasteiger partial charge on any atom is 0.259 e. The average Bonchev–Trinajstić information content (AvgIpc) is 3.22. The number of hydrogen-bond acceptors (Lipinski definition) is 3. The SMILES string of the molecule is COc1ccccc1-c1nn(-c2ccccc2)cc1C(=O)Nc1ccc(Cl)cc1C. The van der Waals surface area contributed by atoms with Crippen LogP contribution >= 0.6 is 11.6 Å². The number of rotatable bonds is 5. The van der Waals surface area contributed by atoms with Gasteiger partial charge in [0.15, 0.2) is 0 Å². The van der Waals surface area contributed by atoms with Gasteiger partial charge in [0.1, 0.15) is 11.4 Å². The second-order valence-electron chi connectivity index (χ2n) is 6.79. The Hall–Kier alpha value is -3.57. The van der Waals surface area contributed by atoms with Crippen molar-refractivity contribution in [2.24, 2.45) is 0 Å². The zero-order valence-corrected chi connectivity index (χ0v) is 17.4. The predicted molar refractivity (Wildman–Crippen MR) is 120 cm³/mol. The third-order valence-corrected chi connectivity index (χ3v) is 5.01. The van der Waals surface area contributed by atoms with Crippen LogP contribution in [-0.4, -0.2) is 22.8 Å². The molecule has 0 unspecified atom stereocenters. The molecule has 0 fully saturated rings. The van der Waals surface area contributed by atoms with Gasteiger partial charge in [0, 0.05) is 22.5 Å². The van der Waals surface area contributed by atoms with Crippen LogP contribution in [0.2, 0.25) is 5.02 Å². The molecule has 30 heavy (non-hydrogen) atoms. The zero-order valence-electron chi connectivity index (χ0n) is 16.6. The number of hydrogen-bond donors (Lipinski definition) is 1. The fourth-order valence-electron chi connectivity index (χ4n) is 3.25. The highest BCUT2D eigenvalue weighted by molar-refractivity contribution is 6.30. The van der Waals surface area contributed by atoms with Crippen molar-refractivity contribution in [1.82, 2.24) is 9.78 Å². The van der Waals surface area contributed by atoms with Gasteiger partial charge in [0.25, 0.3) is 5.91 Å². The van der Waals surface area contributed by atoms with Gasteiger partial charge in [-0.2, -0.15) is 5.10 Å². The predicted octanol–water partition coefficient (Wildman–Crippen LogP) is 5.76. The quantitative estimate of drug-likeness (QED) is 0.449. The number of ether oxygens (including phenoxy) is 1. The van der Waals surface area contributed by atoms with Crippen LogP contribution in [0, 0.1) is 6.92 Å². The Morgan fingerprint density at radius 2 is 1.77 bits per heavy atom. The lowest BCUT2D eigenvalue weighted by molar-refractivity contribution is 0.102. The van der Waals surface area contributed by atoms with E-state index in [1.54, 1.807) is 30.1 Å². The molecule has 4 aromatic rings. The molecule has 5 nitrogen and oxygen atoms in total. The number of carbonyl (C=O) groups is 1. The van der Waals surface area contributed by atoms with Gasteiger partial charge in [-0.3, -0.25) is 4.79 Å². The van der Waals surface area contributed by atoms with Gasteiger partial charge >= 0.3 is 0 Å². The van der Waals surface area contributed by atoms with Crippen LogP contribution in [-0.2, 0) is 0 Å². The summed E-state index contributed by atoms with van der Waals surface area (Å²) in [5, 5.41) is 8.31. The van der Waals surface area contributed by atoms with Gasteiger partial charge in [0.2, 0.25) is 0 Å². The Balaban J connectivity index is 1.81. The molecule has 3 aromatic carbocycles. The van der Waals surface area contributed by atoms with Crippen molar-refractivity contribution in [3.63, 3.8) is 0 Å². The normalized spacial score (nSPS) is 10.6. The van der Waals surface area contributed by atoms with Crippen molar-refractivity contribution in [3.05, 3.63) is 95.1 Å². The van der Waals surface area contributed by atoms with Gasteiger partial charge in [-0.25, -0.2) is 4.68 Å². The number of aromatic nitrogens is 2. The summed E-state index contributed by atoms with van der Waals surface area (Å²) in [6, 6.07) is 22.5.